The first-order valence-electron chi connectivity index (χ1n) is 8.64. The number of aromatic nitrogens is 1. The number of benzene rings is 1. The van der Waals surface area contributed by atoms with Crippen LogP contribution in [0, 0.1) is 0 Å². The van der Waals surface area contributed by atoms with Gasteiger partial charge >= 0.3 is 5.63 Å². The Labute approximate surface area is 144 Å². The zero-order valence-corrected chi connectivity index (χ0v) is 13.8. The molecule has 5 rings (SSSR count). The van der Waals surface area contributed by atoms with E-state index in [9.17, 15) is 4.79 Å². The molecule has 0 N–H and O–H groups in total. The molecule has 5 nitrogen and oxygen atoms in total. The summed E-state index contributed by atoms with van der Waals surface area (Å²) in [6.07, 6.45) is 6.41. The van der Waals surface area contributed by atoms with E-state index in [1.807, 2.05) is 24.3 Å². The molecule has 2 aromatic heterocycles. The first-order valence-corrected chi connectivity index (χ1v) is 8.64. The first kappa shape index (κ1) is 14.7. The zero-order chi connectivity index (χ0) is 16.8. The molecule has 0 unspecified atom stereocenters. The summed E-state index contributed by atoms with van der Waals surface area (Å²) < 4.78 is 11.7. The molecular formula is C20H18N2O3. The van der Waals surface area contributed by atoms with E-state index in [0.29, 0.717) is 18.9 Å². The predicted molar refractivity (Wildman–Crippen MR) is 93.5 cm³/mol. The molecule has 0 saturated heterocycles. The van der Waals surface area contributed by atoms with Crippen molar-refractivity contribution in [1.29, 1.82) is 0 Å². The summed E-state index contributed by atoms with van der Waals surface area (Å²) in [7, 11) is 0. The fourth-order valence-corrected chi connectivity index (χ4v) is 3.95. The molecule has 1 aliphatic carbocycles. The second-order valence-corrected chi connectivity index (χ2v) is 6.74. The van der Waals surface area contributed by atoms with Gasteiger partial charge in [0.1, 0.15) is 18.1 Å². The number of rotatable bonds is 2. The first-order chi connectivity index (χ1) is 12.3. The van der Waals surface area contributed by atoms with Crippen molar-refractivity contribution in [2.75, 3.05) is 6.73 Å². The number of fused-ring (bicyclic) bond motifs is 5. The summed E-state index contributed by atoms with van der Waals surface area (Å²) in [5.74, 6) is 0.819. The second-order valence-electron chi connectivity index (χ2n) is 6.74. The number of ether oxygens (including phenoxy) is 1. The Morgan fingerprint density at radius 3 is 2.76 bits per heavy atom. The molecule has 3 heterocycles. The van der Waals surface area contributed by atoms with Crippen LogP contribution in [0.2, 0.25) is 0 Å². The molecule has 25 heavy (non-hydrogen) atoms. The highest BCUT2D eigenvalue weighted by Gasteiger charge is 2.25. The molecule has 5 heteroatoms. The van der Waals surface area contributed by atoms with Gasteiger partial charge < -0.3 is 9.15 Å². The van der Waals surface area contributed by atoms with Crippen molar-refractivity contribution in [3.05, 3.63) is 69.3 Å². The number of hydrogen-bond acceptors (Lipinski definition) is 5. The van der Waals surface area contributed by atoms with Crippen molar-refractivity contribution in [1.82, 2.24) is 9.88 Å². The van der Waals surface area contributed by atoms with Gasteiger partial charge in [-0.05, 0) is 54.7 Å². The summed E-state index contributed by atoms with van der Waals surface area (Å²) >= 11 is 0. The van der Waals surface area contributed by atoms with Crippen LogP contribution in [-0.2, 0) is 25.9 Å². The van der Waals surface area contributed by atoms with E-state index in [-0.39, 0.29) is 5.63 Å². The Bertz CT molecular complexity index is 1010. The summed E-state index contributed by atoms with van der Waals surface area (Å²) in [6, 6.07) is 8.07. The molecule has 126 valence electrons. The quantitative estimate of drug-likeness (QED) is 0.674. The van der Waals surface area contributed by atoms with Gasteiger partial charge in [-0.25, -0.2) is 4.79 Å². The molecule has 3 aromatic rings. The topological polar surface area (TPSA) is 55.6 Å². The fraction of sp³-hybridized carbons (Fsp3) is 0.300. The lowest BCUT2D eigenvalue weighted by Gasteiger charge is -2.29. The predicted octanol–water partition coefficient (Wildman–Crippen LogP) is 3.03. The van der Waals surface area contributed by atoms with Crippen molar-refractivity contribution < 1.29 is 9.15 Å². The lowest BCUT2D eigenvalue weighted by molar-refractivity contribution is 0.0889. The third-order valence-corrected chi connectivity index (χ3v) is 5.14. The molecule has 0 radical (unpaired) electrons. The Hall–Kier alpha value is -2.66. The van der Waals surface area contributed by atoms with Crippen LogP contribution >= 0.6 is 0 Å². The van der Waals surface area contributed by atoms with Crippen molar-refractivity contribution in [3.63, 3.8) is 0 Å². The highest BCUT2D eigenvalue weighted by atomic mass is 16.5. The van der Waals surface area contributed by atoms with E-state index >= 15 is 0 Å². The van der Waals surface area contributed by atoms with E-state index in [1.54, 1.807) is 12.4 Å². The van der Waals surface area contributed by atoms with Gasteiger partial charge in [-0.3, -0.25) is 9.88 Å². The molecular weight excluding hydrogens is 316 g/mol. The lowest BCUT2D eigenvalue weighted by atomic mass is 10.0. The molecule has 0 atom stereocenters. The average molecular weight is 334 g/mol. The highest BCUT2D eigenvalue weighted by molar-refractivity contribution is 5.86. The largest absolute Gasteiger partial charge is 0.478 e. The van der Waals surface area contributed by atoms with Gasteiger partial charge in [0.15, 0.2) is 0 Å². The maximum absolute atomic E-state index is 12.4. The summed E-state index contributed by atoms with van der Waals surface area (Å²) in [6.45, 7) is 2.00. The lowest BCUT2D eigenvalue weighted by Crippen LogP contribution is -2.31. The van der Waals surface area contributed by atoms with E-state index in [0.717, 1.165) is 48.1 Å². The number of aryl methyl sites for hydroxylation is 1. The fourth-order valence-electron chi connectivity index (χ4n) is 3.95. The monoisotopic (exact) mass is 334 g/mol. The minimum Gasteiger partial charge on any atom is -0.478 e. The van der Waals surface area contributed by atoms with Crippen LogP contribution in [0.5, 0.6) is 5.75 Å². The average Bonchev–Trinajstić information content (AvgIpc) is 3.13. The molecule has 0 amide bonds. The van der Waals surface area contributed by atoms with E-state index in [4.69, 9.17) is 9.15 Å². The maximum Gasteiger partial charge on any atom is 0.339 e. The smallest absolute Gasteiger partial charge is 0.339 e. The molecule has 0 spiro atoms. The molecule has 2 aliphatic rings. The van der Waals surface area contributed by atoms with Crippen LogP contribution in [-0.4, -0.2) is 16.6 Å². The standard InChI is InChI=1S/C20H18N2O3/c23-20-16-3-1-2-14(16)15-4-5-18-17(19(15)25-20)11-22(12-24-18)10-13-6-8-21-9-7-13/h4-9H,1-3,10-12H2. The van der Waals surface area contributed by atoms with Crippen molar-refractivity contribution in [2.45, 2.75) is 32.4 Å². The van der Waals surface area contributed by atoms with Crippen LogP contribution in [0.3, 0.4) is 0 Å². The third kappa shape index (κ3) is 2.43. The minimum atomic E-state index is -0.181. The summed E-state index contributed by atoms with van der Waals surface area (Å²) in [5.41, 5.74) is 4.70. The van der Waals surface area contributed by atoms with Gasteiger partial charge in [0, 0.05) is 36.4 Å². The maximum atomic E-state index is 12.4. The molecule has 1 aliphatic heterocycles. The minimum absolute atomic E-state index is 0.181. The van der Waals surface area contributed by atoms with Gasteiger partial charge in [-0.2, -0.15) is 0 Å². The van der Waals surface area contributed by atoms with Crippen molar-refractivity contribution in [2.24, 2.45) is 0 Å². The van der Waals surface area contributed by atoms with Gasteiger partial charge in [0.2, 0.25) is 0 Å². The third-order valence-electron chi connectivity index (χ3n) is 5.14. The van der Waals surface area contributed by atoms with Crippen LogP contribution < -0.4 is 10.4 Å². The molecule has 0 bridgehead atoms. The van der Waals surface area contributed by atoms with Crippen molar-refractivity contribution >= 4 is 11.0 Å². The van der Waals surface area contributed by atoms with E-state index in [1.165, 1.54) is 11.1 Å². The molecule has 1 aromatic carbocycles. The number of pyridine rings is 1. The summed E-state index contributed by atoms with van der Waals surface area (Å²) in [4.78, 5) is 18.6. The summed E-state index contributed by atoms with van der Waals surface area (Å²) in [5, 5.41) is 1.07. The normalized spacial score (nSPS) is 16.5. The van der Waals surface area contributed by atoms with Crippen molar-refractivity contribution in [3.8, 4) is 5.75 Å². The van der Waals surface area contributed by atoms with Crippen LogP contribution in [0.4, 0.5) is 0 Å². The van der Waals surface area contributed by atoms with E-state index < -0.39 is 0 Å². The van der Waals surface area contributed by atoms with Gasteiger partial charge in [-0.15, -0.1) is 0 Å². The molecule has 0 fully saturated rings. The highest BCUT2D eigenvalue weighted by Crippen LogP contribution is 2.36. The number of nitrogens with zero attached hydrogens (tertiary/aromatic N) is 2. The van der Waals surface area contributed by atoms with Gasteiger partial charge in [-0.1, -0.05) is 0 Å². The SMILES string of the molecule is O=c1oc2c3c(ccc2c2c1CCC2)OCN(Cc1ccncc1)C3. The van der Waals surface area contributed by atoms with Crippen LogP contribution in [0.1, 0.15) is 28.7 Å². The van der Waals surface area contributed by atoms with E-state index in [2.05, 4.69) is 9.88 Å². The molecule has 0 saturated carbocycles. The van der Waals surface area contributed by atoms with Gasteiger partial charge in [0.05, 0.1) is 5.56 Å². The van der Waals surface area contributed by atoms with Crippen LogP contribution in [0.15, 0.2) is 45.9 Å². The van der Waals surface area contributed by atoms with Crippen LogP contribution in [0.25, 0.3) is 11.0 Å². The Kier molecular flexibility index (Phi) is 3.35. The Balaban J connectivity index is 1.57. The van der Waals surface area contributed by atoms with Gasteiger partial charge in [0.25, 0.3) is 0 Å². The zero-order valence-electron chi connectivity index (χ0n) is 13.8. The second kappa shape index (κ2) is 5.70. The Morgan fingerprint density at radius 1 is 1.04 bits per heavy atom. The Morgan fingerprint density at radius 2 is 1.88 bits per heavy atom. The number of hydrogen-bond donors (Lipinski definition) is 0.